The number of rotatable bonds is 16. The average molecular weight is 569 g/mol. The summed E-state index contributed by atoms with van der Waals surface area (Å²) >= 11 is -2.74. The van der Waals surface area contributed by atoms with Crippen molar-refractivity contribution in [1.29, 1.82) is 0 Å². The number of hydrogen-bond donors (Lipinski definition) is 7. The van der Waals surface area contributed by atoms with Crippen LogP contribution in [0.5, 0.6) is 0 Å². The molecule has 0 spiro atoms. The molecule has 1 rings (SSSR count). The van der Waals surface area contributed by atoms with Crippen LogP contribution in [0.1, 0.15) is 0 Å². The van der Waals surface area contributed by atoms with Gasteiger partial charge in [-0.3, -0.25) is 0 Å². The van der Waals surface area contributed by atoms with Crippen molar-refractivity contribution < 1.29 is 66.8 Å². The minimum atomic E-state index is -4.74. The molecule has 33 heavy (non-hydrogen) atoms. The zero-order valence-electron chi connectivity index (χ0n) is 18.3. The van der Waals surface area contributed by atoms with E-state index in [-0.39, 0.29) is 18.4 Å². The Morgan fingerprint density at radius 2 is 1.70 bits per heavy atom. The van der Waals surface area contributed by atoms with Crippen LogP contribution in [0.3, 0.4) is 0 Å². The molecule has 196 valence electrons. The van der Waals surface area contributed by atoms with Crippen LogP contribution < -0.4 is 0 Å². The molecule has 0 radical (unpaired) electrons. The predicted molar refractivity (Wildman–Crippen MR) is 112 cm³/mol. The topological polar surface area (TPSA) is 230 Å². The number of hydrogen-bond acceptors (Lipinski definition) is 12. The summed E-state index contributed by atoms with van der Waals surface area (Å²) in [6.45, 7) is -2.18. The molecule has 0 aromatic rings. The third-order valence-electron chi connectivity index (χ3n) is 4.76. The maximum absolute atomic E-state index is 11.6. The van der Waals surface area contributed by atoms with Gasteiger partial charge in [0.1, 0.15) is 0 Å². The molecule has 1 aliphatic heterocycles. The van der Waals surface area contributed by atoms with Crippen LogP contribution in [-0.2, 0) is 33.6 Å². The van der Waals surface area contributed by atoms with Gasteiger partial charge in [0.05, 0.1) is 0 Å². The van der Waals surface area contributed by atoms with Crippen molar-refractivity contribution in [2.75, 3.05) is 33.0 Å². The van der Waals surface area contributed by atoms with Crippen LogP contribution in [0.4, 0.5) is 0 Å². The van der Waals surface area contributed by atoms with Gasteiger partial charge in [-0.1, -0.05) is 0 Å². The molecule has 1 heterocycles. The quantitative estimate of drug-likeness (QED) is 0.0747. The molecule has 7 atom stereocenters. The molecule has 0 aliphatic carbocycles. The molecule has 0 aromatic carbocycles. The molecule has 16 heteroatoms. The van der Waals surface area contributed by atoms with Gasteiger partial charge in [0.15, 0.2) is 0 Å². The number of carboxylic acid groups (broad SMARTS) is 1. The van der Waals surface area contributed by atoms with Crippen molar-refractivity contribution in [3.05, 3.63) is 0 Å². The van der Waals surface area contributed by atoms with E-state index in [4.69, 9.17) is 23.9 Å². The molecule has 7 N–H and O–H groups in total. The van der Waals surface area contributed by atoms with Gasteiger partial charge in [-0.05, 0) is 0 Å². The van der Waals surface area contributed by atoms with Gasteiger partial charge in [0, 0.05) is 0 Å². The monoisotopic (exact) mass is 569 g/mol. The molecule has 14 nitrogen and oxygen atoms in total. The summed E-state index contributed by atoms with van der Waals surface area (Å²) in [5.74, 6) is -1.95. The second-order valence-corrected chi connectivity index (χ2v) is 19.2. The molecular weight excluding hydrogens is 535 g/mol. The first-order valence-electron chi connectivity index (χ1n) is 9.99. The molecule has 0 aromatic heterocycles. The average Bonchev–Trinajstić information content (AvgIpc) is 2.96. The summed E-state index contributed by atoms with van der Waals surface area (Å²) in [5.41, 5.74) is 3.81. The van der Waals surface area contributed by atoms with Gasteiger partial charge in [-0.25, -0.2) is 0 Å². The van der Waals surface area contributed by atoms with E-state index in [9.17, 15) is 38.7 Å². The van der Waals surface area contributed by atoms with Crippen molar-refractivity contribution >= 4 is 29.9 Å². The standard InChI is InChI=1S/C17H33AsO14S/c1-18(2,3-10(16(24)25)6-29-7-11(20)5-19)4-13-14(22)15(23)17(32-13)30-8-12(21)9-31-33(26,27)28/h10-15,17,19-23H,3-9H2,1-2H3,(H-,24,25,26,27,28)/p+1/t10-,11?,12-,13+,14+,15+,17+/m0/s1. The Balaban J connectivity index is 2.59. The fourth-order valence-electron chi connectivity index (χ4n) is 3.18. The van der Waals surface area contributed by atoms with Gasteiger partial charge in [0.25, 0.3) is 0 Å². The maximum atomic E-state index is 11.6. The van der Waals surface area contributed by atoms with E-state index in [0.717, 1.165) is 0 Å². The van der Waals surface area contributed by atoms with E-state index in [1.54, 1.807) is 0 Å². The third-order valence-corrected chi connectivity index (χ3v) is 11.0. The zero-order chi connectivity index (χ0) is 25.4. The summed E-state index contributed by atoms with van der Waals surface area (Å²) in [6, 6.07) is 0. The molecule has 1 aliphatic rings. The number of aliphatic hydroxyl groups is 5. The van der Waals surface area contributed by atoms with Crippen LogP contribution in [0.25, 0.3) is 0 Å². The number of aliphatic carboxylic acids is 1. The van der Waals surface area contributed by atoms with Gasteiger partial charge in [-0.2, -0.15) is 0 Å². The number of carbonyl (C=O) groups is 1. The Labute approximate surface area is 194 Å². The zero-order valence-corrected chi connectivity index (χ0v) is 21.0. The Morgan fingerprint density at radius 3 is 2.24 bits per heavy atom. The van der Waals surface area contributed by atoms with E-state index in [2.05, 4.69) is 4.18 Å². The van der Waals surface area contributed by atoms with Crippen molar-refractivity contribution in [3.63, 3.8) is 0 Å². The van der Waals surface area contributed by atoms with Crippen molar-refractivity contribution in [1.82, 2.24) is 0 Å². The van der Waals surface area contributed by atoms with Gasteiger partial charge in [0.2, 0.25) is 0 Å². The SMILES string of the molecule is C[As+](C)(C[C@@H](COCC(O)CO)C(=O)O)C[C@H]1O[C@@H](OC[C@H](O)COS(=O)(=O)O)[C@H](O)[C@@H]1O. The van der Waals surface area contributed by atoms with Crippen LogP contribution >= 0.6 is 0 Å². The number of carboxylic acids is 1. The fourth-order valence-corrected chi connectivity index (χ4v) is 9.55. The summed E-state index contributed by atoms with van der Waals surface area (Å²) in [5, 5.41) is 58.3. The normalized spacial score (nSPS) is 26.8. The van der Waals surface area contributed by atoms with Crippen molar-refractivity contribution in [2.24, 2.45) is 5.92 Å². The molecule has 1 fully saturated rings. The number of aliphatic hydroxyl groups excluding tert-OH is 5. The van der Waals surface area contributed by atoms with Gasteiger partial charge < -0.3 is 0 Å². The third kappa shape index (κ3) is 11.7. The first-order valence-corrected chi connectivity index (χ1v) is 17.8. The Morgan fingerprint density at radius 1 is 1.06 bits per heavy atom. The van der Waals surface area contributed by atoms with Crippen molar-refractivity contribution in [2.45, 2.75) is 58.6 Å². The predicted octanol–water partition coefficient (Wildman–Crippen LogP) is -2.59. The van der Waals surface area contributed by atoms with Gasteiger partial charge >= 0.3 is 194 Å². The van der Waals surface area contributed by atoms with E-state index in [1.165, 1.54) is 0 Å². The van der Waals surface area contributed by atoms with Crippen LogP contribution in [-0.4, -0.2) is 133 Å². The second kappa shape index (κ2) is 13.6. The Bertz CT molecular complexity index is 704. The number of ether oxygens (including phenoxy) is 3. The fraction of sp³-hybridized carbons (Fsp3) is 0.941. The molecule has 1 unspecified atom stereocenters. The first-order chi connectivity index (χ1) is 15.1. The van der Waals surface area contributed by atoms with E-state index >= 15 is 0 Å². The molecular formula is C17H34AsO14S+. The first kappa shape index (κ1) is 30.6. The molecule has 1 saturated heterocycles. The summed E-state index contributed by atoms with van der Waals surface area (Å²) in [4.78, 5) is 11.6. The molecule has 0 amide bonds. The van der Waals surface area contributed by atoms with E-state index in [0.29, 0.717) is 5.21 Å². The summed E-state index contributed by atoms with van der Waals surface area (Å²) in [7, 11) is -4.74. The minimum absolute atomic E-state index is 0.164. The van der Waals surface area contributed by atoms with E-state index in [1.807, 2.05) is 11.4 Å². The Kier molecular flexibility index (Phi) is 12.6. The Hall–Kier alpha value is -0.422. The van der Waals surface area contributed by atoms with E-state index < -0.39 is 92.5 Å². The van der Waals surface area contributed by atoms with Crippen LogP contribution in [0.2, 0.25) is 21.8 Å². The second-order valence-electron chi connectivity index (χ2n) is 8.43. The van der Waals surface area contributed by atoms with Gasteiger partial charge in [-0.15, -0.1) is 0 Å². The summed E-state index contributed by atoms with van der Waals surface area (Å²) in [6.07, 6.45) is -7.54. The summed E-state index contributed by atoms with van der Waals surface area (Å²) < 4.78 is 49.4. The van der Waals surface area contributed by atoms with Crippen LogP contribution in [0, 0.1) is 5.92 Å². The van der Waals surface area contributed by atoms with Crippen molar-refractivity contribution in [3.8, 4) is 0 Å². The molecule has 0 bridgehead atoms. The molecule has 0 saturated carbocycles. The van der Waals surface area contributed by atoms with Crippen LogP contribution in [0.15, 0.2) is 0 Å².